The molecule has 2 fully saturated rings. The molecule has 0 aliphatic heterocycles. The lowest BCUT2D eigenvalue weighted by Crippen LogP contribution is -2.24. The molecule has 0 amide bonds. The molecule has 1 aromatic carbocycles. The molecule has 2 aliphatic rings. The van der Waals surface area contributed by atoms with Crippen molar-refractivity contribution >= 4 is 15.8 Å². The number of rotatable bonds is 6. The summed E-state index contributed by atoms with van der Waals surface area (Å²) in [4.78, 5) is 11.4. The van der Waals surface area contributed by atoms with Crippen LogP contribution in [0.2, 0.25) is 0 Å². The van der Waals surface area contributed by atoms with E-state index in [2.05, 4.69) is 4.74 Å². The summed E-state index contributed by atoms with van der Waals surface area (Å²) >= 11 is 0. The van der Waals surface area contributed by atoms with Gasteiger partial charge in [0.05, 0.1) is 24.5 Å². The molecule has 2 atom stereocenters. The molecule has 3 rings (SSSR count). The van der Waals surface area contributed by atoms with Crippen molar-refractivity contribution in [3.63, 3.8) is 0 Å². The minimum Gasteiger partial charge on any atom is -0.469 e. The maximum atomic E-state index is 12.5. The van der Waals surface area contributed by atoms with Gasteiger partial charge in [-0.3, -0.25) is 4.79 Å². The minimum absolute atomic E-state index is 0.128. The number of hydrogen-bond acceptors (Lipinski definition) is 4. The molecule has 0 aromatic heterocycles. The zero-order chi connectivity index (χ0) is 15.1. The maximum absolute atomic E-state index is 12.5. The van der Waals surface area contributed by atoms with Crippen LogP contribution in [0.3, 0.4) is 0 Å². The van der Waals surface area contributed by atoms with Gasteiger partial charge in [0.25, 0.3) is 0 Å². The molecule has 2 saturated carbocycles. The normalized spacial score (nSPS) is 26.1. The summed E-state index contributed by atoms with van der Waals surface area (Å²) < 4.78 is 29.8. The largest absolute Gasteiger partial charge is 0.469 e. The molecular formula is C16H20O4S. The van der Waals surface area contributed by atoms with Crippen LogP contribution in [0.15, 0.2) is 30.3 Å². The van der Waals surface area contributed by atoms with E-state index in [4.69, 9.17) is 0 Å². The Morgan fingerprint density at radius 1 is 1.29 bits per heavy atom. The first-order valence-electron chi connectivity index (χ1n) is 7.29. The van der Waals surface area contributed by atoms with E-state index in [1.54, 1.807) is 0 Å². The molecule has 114 valence electrons. The van der Waals surface area contributed by atoms with Gasteiger partial charge in [-0.05, 0) is 30.2 Å². The van der Waals surface area contributed by atoms with Gasteiger partial charge in [0.2, 0.25) is 0 Å². The molecule has 5 heteroatoms. The number of ether oxygens (including phenoxy) is 1. The van der Waals surface area contributed by atoms with Crippen LogP contribution in [0.5, 0.6) is 0 Å². The zero-order valence-corrected chi connectivity index (χ0v) is 12.9. The van der Waals surface area contributed by atoms with Crippen molar-refractivity contribution in [3.8, 4) is 0 Å². The SMILES string of the molecule is COC(=O)CC1(CS(=O)(=O)C2CC2c2ccccc2)CC1. The van der Waals surface area contributed by atoms with Crippen LogP contribution in [-0.2, 0) is 19.4 Å². The van der Waals surface area contributed by atoms with Crippen LogP contribution in [0, 0.1) is 5.41 Å². The fourth-order valence-corrected chi connectivity index (χ4v) is 5.70. The molecule has 4 nitrogen and oxygen atoms in total. The van der Waals surface area contributed by atoms with Crippen LogP contribution in [-0.4, -0.2) is 32.5 Å². The van der Waals surface area contributed by atoms with E-state index in [1.165, 1.54) is 7.11 Å². The summed E-state index contributed by atoms with van der Waals surface area (Å²) in [5, 5.41) is -0.268. The van der Waals surface area contributed by atoms with E-state index in [0.717, 1.165) is 18.4 Å². The van der Waals surface area contributed by atoms with Crippen LogP contribution in [0.4, 0.5) is 0 Å². The lowest BCUT2D eigenvalue weighted by molar-refractivity contribution is -0.141. The molecule has 2 unspecified atom stereocenters. The van der Waals surface area contributed by atoms with Crippen molar-refractivity contribution in [1.29, 1.82) is 0 Å². The van der Waals surface area contributed by atoms with E-state index in [-0.39, 0.29) is 34.7 Å². The summed E-state index contributed by atoms with van der Waals surface area (Å²) in [7, 11) is -1.79. The Bertz CT molecular complexity index is 632. The number of sulfone groups is 1. The smallest absolute Gasteiger partial charge is 0.306 e. The van der Waals surface area contributed by atoms with E-state index >= 15 is 0 Å². The van der Waals surface area contributed by atoms with Gasteiger partial charge < -0.3 is 4.74 Å². The first-order valence-corrected chi connectivity index (χ1v) is 9.01. The Hall–Kier alpha value is -1.36. The van der Waals surface area contributed by atoms with Crippen LogP contribution in [0.1, 0.15) is 37.2 Å². The molecule has 0 radical (unpaired) electrons. The van der Waals surface area contributed by atoms with Crippen molar-refractivity contribution in [2.45, 2.75) is 36.9 Å². The molecule has 21 heavy (non-hydrogen) atoms. The molecule has 0 bridgehead atoms. The highest BCUT2D eigenvalue weighted by atomic mass is 32.2. The maximum Gasteiger partial charge on any atom is 0.306 e. The van der Waals surface area contributed by atoms with Gasteiger partial charge in [0.1, 0.15) is 0 Å². The average Bonchev–Trinajstić information content (AvgIpc) is 3.34. The fraction of sp³-hybridized carbons (Fsp3) is 0.562. The number of methoxy groups -OCH3 is 1. The standard InChI is InChI=1S/C16H20O4S/c1-20-15(17)10-16(7-8-16)11-21(18,19)14-9-13(14)12-5-3-2-4-6-12/h2-6,13-14H,7-11H2,1H3. The van der Waals surface area contributed by atoms with Gasteiger partial charge in [-0.25, -0.2) is 8.42 Å². The highest BCUT2D eigenvalue weighted by Crippen LogP contribution is 2.54. The second kappa shape index (κ2) is 5.13. The monoisotopic (exact) mass is 308 g/mol. The highest BCUT2D eigenvalue weighted by Gasteiger charge is 2.54. The number of hydrogen-bond donors (Lipinski definition) is 0. The predicted octanol–water partition coefficient (Wildman–Crippen LogP) is 2.30. The molecule has 0 spiro atoms. The van der Waals surface area contributed by atoms with Crippen LogP contribution in [0.25, 0.3) is 0 Å². The summed E-state index contributed by atoms with van der Waals surface area (Å²) in [6.45, 7) is 0. The Labute approximate surface area is 125 Å². The van der Waals surface area contributed by atoms with E-state index < -0.39 is 9.84 Å². The summed E-state index contributed by atoms with van der Waals surface area (Å²) in [6.07, 6.45) is 2.56. The number of carbonyl (C=O) groups is 1. The molecule has 2 aliphatic carbocycles. The van der Waals surface area contributed by atoms with Crippen molar-refractivity contribution in [2.24, 2.45) is 5.41 Å². The third-order valence-electron chi connectivity index (χ3n) is 4.63. The van der Waals surface area contributed by atoms with Gasteiger partial charge in [0.15, 0.2) is 9.84 Å². The Morgan fingerprint density at radius 2 is 1.95 bits per heavy atom. The van der Waals surface area contributed by atoms with Gasteiger partial charge in [-0.1, -0.05) is 30.3 Å². The topological polar surface area (TPSA) is 60.4 Å². The van der Waals surface area contributed by atoms with Crippen LogP contribution < -0.4 is 0 Å². The Morgan fingerprint density at radius 3 is 2.52 bits per heavy atom. The molecule has 0 N–H and O–H groups in total. The predicted molar refractivity (Wildman–Crippen MR) is 79.7 cm³/mol. The van der Waals surface area contributed by atoms with E-state index in [9.17, 15) is 13.2 Å². The Kier molecular flexibility index (Phi) is 3.56. The lowest BCUT2D eigenvalue weighted by atomic mass is 10.1. The molecule has 1 aromatic rings. The first kappa shape index (κ1) is 14.6. The number of esters is 1. The summed E-state index contributed by atoms with van der Waals surface area (Å²) in [5.41, 5.74) is 0.749. The summed E-state index contributed by atoms with van der Waals surface area (Å²) in [5.74, 6) is -0.0495. The molecular weight excluding hydrogens is 288 g/mol. The van der Waals surface area contributed by atoms with E-state index in [0.29, 0.717) is 6.42 Å². The lowest BCUT2D eigenvalue weighted by Gasteiger charge is -2.14. The quantitative estimate of drug-likeness (QED) is 0.757. The van der Waals surface area contributed by atoms with E-state index in [1.807, 2.05) is 30.3 Å². The van der Waals surface area contributed by atoms with Crippen molar-refractivity contribution < 1.29 is 17.9 Å². The zero-order valence-electron chi connectivity index (χ0n) is 12.1. The van der Waals surface area contributed by atoms with Crippen LogP contribution >= 0.6 is 0 Å². The van der Waals surface area contributed by atoms with Gasteiger partial charge in [-0.15, -0.1) is 0 Å². The van der Waals surface area contributed by atoms with Gasteiger partial charge in [-0.2, -0.15) is 0 Å². The number of carbonyl (C=O) groups excluding carboxylic acids is 1. The third kappa shape index (κ3) is 3.12. The van der Waals surface area contributed by atoms with Crippen molar-refractivity contribution in [3.05, 3.63) is 35.9 Å². The highest BCUT2D eigenvalue weighted by molar-refractivity contribution is 7.92. The third-order valence-corrected chi connectivity index (χ3v) is 7.09. The van der Waals surface area contributed by atoms with Gasteiger partial charge >= 0.3 is 5.97 Å². The second-order valence-corrected chi connectivity index (χ2v) is 8.57. The average molecular weight is 308 g/mol. The molecule has 0 saturated heterocycles. The Balaban J connectivity index is 1.65. The second-order valence-electron chi connectivity index (χ2n) is 6.35. The van der Waals surface area contributed by atoms with Gasteiger partial charge in [0, 0.05) is 5.92 Å². The molecule has 0 heterocycles. The van der Waals surface area contributed by atoms with Crippen molar-refractivity contribution in [2.75, 3.05) is 12.9 Å². The summed E-state index contributed by atoms with van der Waals surface area (Å²) in [6, 6.07) is 9.79. The fourth-order valence-electron chi connectivity index (χ4n) is 3.08. The minimum atomic E-state index is -3.14. The van der Waals surface area contributed by atoms with Crippen molar-refractivity contribution in [1.82, 2.24) is 0 Å². The number of benzene rings is 1. The first-order chi connectivity index (χ1) is 9.96.